The molecular formula is C8H16NO3PS. The van der Waals surface area contributed by atoms with Crippen LogP contribution in [-0.4, -0.2) is 36.7 Å². The molecule has 0 radical (unpaired) electrons. The number of hydrogen-bond acceptors (Lipinski definition) is 5. The molecule has 4 nitrogen and oxygen atoms in total. The first kappa shape index (κ1) is 12.2. The van der Waals surface area contributed by atoms with E-state index >= 15 is 0 Å². The molecule has 0 unspecified atom stereocenters. The molecule has 0 aromatic heterocycles. The van der Waals surface area contributed by atoms with Gasteiger partial charge < -0.3 is 9.05 Å². The number of thioether (sulfide) groups is 1. The smallest absolute Gasteiger partial charge is 0.309 e. The first-order valence-corrected chi connectivity index (χ1v) is 7.46. The monoisotopic (exact) mass is 237 g/mol. The molecule has 0 aromatic carbocycles. The Hall–Kier alpha value is 0.170. The van der Waals surface area contributed by atoms with E-state index in [2.05, 4.69) is 4.99 Å². The number of hydrogen-bond donors (Lipinski definition) is 0. The minimum Gasteiger partial charge on any atom is -0.309 e. The first-order valence-electron chi connectivity index (χ1n) is 4.74. The molecule has 1 aliphatic rings. The van der Waals surface area contributed by atoms with Crippen molar-refractivity contribution in [2.24, 2.45) is 4.99 Å². The van der Waals surface area contributed by atoms with E-state index in [1.807, 2.05) is 13.8 Å². The van der Waals surface area contributed by atoms with Gasteiger partial charge in [-0.05, 0) is 13.8 Å². The van der Waals surface area contributed by atoms with Crippen LogP contribution in [0.15, 0.2) is 4.99 Å². The highest BCUT2D eigenvalue weighted by molar-refractivity contribution is 8.14. The zero-order valence-electron chi connectivity index (χ0n) is 8.56. The SMILES string of the molecule is CCOP(=O)(CC1=NCCS1)OCC. The molecule has 1 heterocycles. The molecule has 1 aliphatic heterocycles. The van der Waals surface area contributed by atoms with Gasteiger partial charge in [0.1, 0.15) is 0 Å². The van der Waals surface area contributed by atoms with Crippen LogP contribution in [0.2, 0.25) is 0 Å². The summed E-state index contributed by atoms with van der Waals surface area (Å²) in [6.45, 7) is 5.27. The topological polar surface area (TPSA) is 47.9 Å². The summed E-state index contributed by atoms with van der Waals surface area (Å²) in [4.78, 5) is 4.23. The standard InChI is InChI=1S/C8H16NO3PS/c1-3-11-13(10,12-4-2)7-8-9-5-6-14-8/h3-7H2,1-2H3. The van der Waals surface area contributed by atoms with Crippen LogP contribution in [0.3, 0.4) is 0 Å². The van der Waals surface area contributed by atoms with Gasteiger partial charge in [0.05, 0.1) is 24.4 Å². The zero-order valence-corrected chi connectivity index (χ0v) is 10.3. The summed E-state index contributed by atoms with van der Waals surface area (Å²) < 4.78 is 22.4. The van der Waals surface area contributed by atoms with Crippen LogP contribution in [0, 0.1) is 0 Å². The molecule has 82 valence electrons. The van der Waals surface area contributed by atoms with Crippen LogP contribution >= 0.6 is 19.4 Å². The van der Waals surface area contributed by atoms with Gasteiger partial charge in [-0.25, -0.2) is 0 Å². The maximum atomic E-state index is 12.0. The van der Waals surface area contributed by atoms with Gasteiger partial charge in [0.25, 0.3) is 0 Å². The average molecular weight is 237 g/mol. The first-order chi connectivity index (χ1) is 6.70. The van der Waals surface area contributed by atoms with Crippen molar-refractivity contribution in [2.45, 2.75) is 13.8 Å². The fourth-order valence-corrected chi connectivity index (χ4v) is 4.08. The Balaban J connectivity index is 2.53. The van der Waals surface area contributed by atoms with Crippen molar-refractivity contribution >= 4 is 24.4 Å². The molecule has 0 aliphatic carbocycles. The van der Waals surface area contributed by atoms with Crippen LogP contribution in [0.5, 0.6) is 0 Å². The average Bonchev–Trinajstić information content (AvgIpc) is 2.57. The highest BCUT2D eigenvalue weighted by atomic mass is 32.2. The quantitative estimate of drug-likeness (QED) is 0.665. The summed E-state index contributed by atoms with van der Waals surface area (Å²) in [7, 11) is -2.92. The lowest BCUT2D eigenvalue weighted by Crippen LogP contribution is -2.05. The van der Waals surface area contributed by atoms with Crippen LogP contribution in [0.1, 0.15) is 13.8 Å². The number of aliphatic imine (C=N–C) groups is 1. The Morgan fingerprint density at radius 3 is 2.50 bits per heavy atom. The summed E-state index contributed by atoms with van der Waals surface area (Å²) in [6.07, 6.45) is 0.333. The number of nitrogens with zero attached hydrogens (tertiary/aromatic N) is 1. The molecule has 1 rings (SSSR count). The maximum absolute atomic E-state index is 12.0. The molecule has 0 atom stereocenters. The van der Waals surface area contributed by atoms with Crippen molar-refractivity contribution in [3.05, 3.63) is 0 Å². The van der Waals surface area contributed by atoms with E-state index in [4.69, 9.17) is 9.05 Å². The Morgan fingerprint density at radius 2 is 2.07 bits per heavy atom. The zero-order chi connectivity index (χ0) is 10.4. The molecule has 0 bridgehead atoms. The molecule has 0 saturated carbocycles. The molecule has 0 amide bonds. The van der Waals surface area contributed by atoms with Crippen LogP contribution in [0.4, 0.5) is 0 Å². The molecule has 6 heteroatoms. The highest BCUT2D eigenvalue weighted by Gasteiger charge is 2.27. The fourth-order valence-electron chi connectivity index (χ4n) is 1.16. The van der Waals surface area contributed by atoms with Crippen molar-refractivity contribution in [2.75, 3.05) is 31.7 Å². The Morgan fingerprint density at radius 1 is 1.43 bits per heavy atom. The van der Waals surface area contributed by atoms with Crippen molar-refractivity contribution in [1.82, 2.24) is 0 Å². The van der Waals surface area contributed by atoms with E-state index in [-0.39, 0.29) is 0 Å². The second-order valence-corrected chi connectivity index (χ2v) is 5.95. The van der Waals surface area contributed by atoms with Gasteiger partial charge >= 0.3 is 7.60 Å². The van der Waals surface area contributed by atoms with Gasteiger partial charge in [0.15, 0.2) is 0 Å². The third kappa shape index (κ3) is 3.73. The van der Waals surface area contributed by atoms with Crippen molar-refractivity contribution in [3.8, 4) is 0 Å². The molecular weight excluding hydrogens is 221 g/mol. The highest BCUT2D eigenvalue weighted by Crippen LogP contribution is 2.49. The molecule has 0 spiro atoms. The lowest BCUT2D eigenvalue weighted by Gasteiger charge is -2.16. The Kier molecular flexibility index (Phi) is 5.17. The maximum Gasteiger partial charge on any atom is 0.337 e. The minimum absolute atomic E-state index is 0.333. The van der Waals surface area contributed by atoms with E-state index in [1.54, 1.807) is 11.8 Å². The summed E-state index contributed by atoms with van der Waals surface area (Å²) >= 11 is 1.64. The van der Waals surface area contributed by atoms with E-state index in [0.717, 1.165) is 17.3 Å². The lowest BCUT2D eigenvalue weighted by atomic mass is 10.7. The summed E-state index contributed by atoms with van der Waals surface area (Å²) in [5, 5.41) is 0.898. The van der Waals surface area contributed by atoms with Gasteiger partial charge in [-0.1, -0.05) is 0 Å². The normalized spacial score (nSPS) is 17.1. The number of rotatable bonds is 6. The van der Waals surface area contributed by atoms with Crippen LogP contribution < -0.4 is 0 Å². The third-order valence-corrected chi connectivity index (χ3v) is 4.83. The predicted molar refractivity (Wildman–Crippen MR) is 60.5 cm³/mol. The molecule has 0 saturated heterocycles. The van der Waals surface area contributed by atoms with Crippen LogP contribution in [-0.2, 0) is 13.6 Å². The Labute approximate surface area is 89.0 Å². The molecule has 0 N–H and O–H groups in total. The summed E-state index contributed by atoms with van der Waals surface area (Å²) in [6, 6.07) is 0. The van der Waals surface area contributed by atoms with Crippen molar-refractivity contribution in [3.63, 3.8) is 0 Å². The van der Waals surface area contributed by atoms with E-state index in [0.29, 0.717) is 19.4 Å². The molecule has 14 heavy (non-hydrogen) atoms. The molecule has 0 aromatic rings. The van der Waals surface area contributed by atoms with E-state index in [1.165, 1.54) is 0 Å². The van der Waals surface area contributed by atoms with Crippen molar-refractivity contribution < 1.29 is 13.6 Å². The molecule has 0 fully saturated rings. The van der Waals surface area contributed by atoms with Crippen molar-refractivity contribution in [1.29, 1.82) is 0 Å². The van der Waals surface area contributed by atoms with E-state index < -0.39 is 7.60 Å². The third-order valence-electron chi connectivity index (χ3n) is 1.63. The van der Waals surface area contributed by atoms with Crippen LogP contribution in [0.25, 0.3) is 0 Å². The summed E-state index contributed by atoms with van der Waals surface area (Å²) in [5.74, 6) is 0.980. The minimum atomic E-state index is -2.92. The summed E-state index contributed by atoms with van der Waals surface area (Å²) in [5.41, 5.74) is 0. The van der Waals surface area contributed by atoms with Gasteiger partial charge in [-0.2, -0.15) is 0 Å². The second-order valence-electron chi connectivity index (χ2n) is 2.73. The second kappa shape index (κ2) is 5.91. The largest absolute Gasteiger partial charge is 0.337 e. The van der Waals surface area contributed by atoms with Gasteiger partial charge in [0, 0.05) is 12.3 Å². The van der Waals surface area contributed by atoms with E-state index in [9.17, 15) is 4.57 Å². The van der Waals surface area contributed by atoms with Gasteiger partial charge in [-0.3, -0.25) is 9.56 Å². The Bertz CT molecular complexity index is 247. The predicted octanol–water partition coefficient (Wildman–Crippen LogP) is 2.40. The lowest BCUT2D eigenvalue weighted by molar-refractivity contribution is 0.223. The fraction of sp³-hybridized carbons (Fsp3) is 0.875. The van der Waals surface area contributed by atoms with Gasteiger partial charge in [-0.15, -0.1) is 11.8 Å². The van der Waals surface area contributed by atoms with Gasteiger partial charge in [0.2, 0.25) is 0 Å².